The van der Waals surface area contributed by atoms with E-state index in [0.717, 1.165) is 16.7 Å². The quantitative estimate of drug-likeness (QED) is 0.580. The normalized spacial score (nSPS) is 17.3. The van der Waals surface area contributed by atoms with Crippen molar-refractivity contribution in [2.45, 2.75) is 45.9 Å². The second kappa shape index (κ2) is 8.22. The maximum Gasteiger partial charge on any atom is 0.410 e. The molecule has 1 amide bonds. The molecular weight excluding hydrogens is 420 g/mol. The summed E-state index contributed by atoms with van der Waals surface area (Å²) in [5, 5.41) is 3.96. The number of aromatic nitrogens is 4. The van der Waals surface area contributed by atoms with Gasteiger partial charge in [0.2, 0.25) is 0 Å². The molecular formula is C21H25ClN6O3. The molecule has 1 fully saturated rings. The van der Waals surface area contributed by atoms with Gasteiger partial charge in [-0.15, -0.1) is 0 Å². The highest BCUT2D eigenvalue weighted by atomic mass is 35.5. The van der Waals surface area contributed by atoms with E-state index in [1.165, 1.54) is 6.33 Å². The Labute approximate surface area is 185 Å². The van der Waals surface area contributed by atoms with Crippen LogP contribution >= 0.6 is 11.6 Å². The van der Waals surface area contributed by atoms with Crippen molar-refractivity contribution in [3.05, 3.63) is 40.4 Å². The van der Waals surface area contributed by atoms with Crippen LogP contribution in [0.25, 0.3) is 11.2 Å². The predicted molar refractivity (Wildman–Crippen MR) is 118 cm³/mol. The summed E-state index contributed by atoms with van der Waals surface area (Å²) in [5.41, 5.74) is 3.73. The Morgan fingerprint density at radius 2 is 2.10 bits per heavy atom. The van der Waals surface area contributed by atoms with Crippen LogP contribution in [0.5, 0.6) is 5.75 Å². The number of methoxy groups -OCH3 is 1. The highest BCUT2D eigenvalue weighted by Gasteiger charge is 2.37. The van der Waals surface area contributed by atoms with E-state index in [1.807, 2.05) is 33.8 Å². The van der Waals surface area contributed by atoms with Crippen molar-refractivity contribution in [2.75, 3.05) is 19.0 Å². The Balaban J connectivity index is 1.73. The van der Waals surface area contributed by atoms with E-state index in [4.69, 9.17) is 21.1 Å². The van der Waals surface area contributed by atoms with Crippen LogP contribution in [0.2, 0.25) is 5.02 Å². The lowest BCUT2D eigenvalue weighted by Crippen LogP contribution is -2.31. The molecule has 0 spiro atoms. The molecule has 1 aliphatic heterocycles. The van der Waals surface area contributed by atoms with Crippen LogP contribution in [-0.4, -0.2) is 50.6 Å². The molecule has 4 rings (SSSR count). The van der Waals surface area contributed by atoms with Gasteiger partial charge in [0.1, 0.15) is 17.6 Å². The molecule has 1 aliphatic rings. The van der Waals surface area contributed by atoms with Crippen molar-refractivity contribution in [1.29, 1.82) is 0 Å². The third-order valence-electron chi connectivity index (χ3n) is 5.58. The molecule has 2 atom stereocenters. The van der Waals surface area contributed by atoms with Crippen LogP contribution in [0.15, 0.2) is 18.7 Å². The van der Waals surface area contributed by atoms with E-state index >= 15 is 0 Å². The standard InChI is InChI=1S/C21H25ClN6O3/c1-10(2)28-7-15(31-21(28)29)16-11(3)14(22)6-13(18(16)30-5)12(4)27-20-17-19(24-8-23-17)25-9-26-20/h6,8-10,12,15H,7H2,1-5H3,(H2,23,24,25,26,27). The molecule has 2 unspecified atom stereocenters. The third-order valence-corrected chi connectivity index (χ3v) is 5.98. The molecule has 164 valence electrons. The fourth-order valence-electron chi connectivity index (χ4n) is 3.91. The zero-order valence-electron chi connectivity index (χ0n) is 18.1. The van der Waals surface area contributed by atoms with Gasteiger partial charge >= 0.3 is 6.09 Å². The van der Waals surface area contributed by atoms with Gasteiger partial charge in [0.25, 0.3) is 0 Å². The number of halogens is 1. The minimum atomic E-state index is -0.465. The van der Waals surface area contributed by atoms with Gasteiger partial charge in [-0.1, -0.05) is 11.6 Å². The summed E-state index contributed by atoms with van der Waals surface area (Å²) in [6, 6.07) is 1.70. The average Bonchev–Trinajstić information content (AvgIpc) is 3.36. The molecule has 0 bridgehead atoms. The number of fused-ring (bicyclic) bond motifs is 1. The van der Waals surface area contributed by atoms with Gasteiger partial charge in [-0.2, -0.15) is 0 Å². The molecule has 0 aliphatic carbocycles. The number of anilines is 1. The number of ether oxygens (including phenoxy) is 2. The molecule has 10 heteroatoms. The SMILES string of the molecule is COc1c(C(C)Nc2ncnc3nc[nH]c23)cc(Cl)c(C)c1C1CN(C(C)C)C(=O)O1. The maximum absolute atomic E-state index is 12.3. The first kappa shape index (κ1) is 21.2. The minimum Gasteiger partial charge on any atom is -0.496 e. The summed E-state index contributed by atoms with van der Waals surface area (Å²) in [7, 11) is 1.61. The topological polar surface area (TPSA) is 105 Å². The molecule has 3 heterocycles. The highest BCUT2D eigenvalue weighted by Crippen LogP contribution is 2.43. The molecule has 3 aromatic rings. The zero-order valence-corrected chi connectivity index (χ0v) is 18.8. The first-order valence-electron chi connectivity index (χ1n) is 10.1. The number of hydrogen-bond acceptors (Lipinski definition) is 7. The van der Waals surface area contributed by atoms with Gasteiger partial charge in [0, 0.05) is 22.2 Å². The number of nitrogens with zero attached hydrogens (tertiary/aromatic N) is 4. The Bertz CT molecular complexity index is 1130. The Morgan fingerprint density at radius 1 is 1.32 bits per heavy atom. The summed E-state index contributed by atoms with van der Waals surface area (Å²) >= 11 is 6.61. The van der Waals surface area contributed by atoms with Gasteiger partial charge in [-0.3, -0.25) is 0 Å². The summed E-state index contributed by atoms with van der Waals surface area (Å²) in [4.78, 5) is 29.7. The number of aromatic amines is 1. The molecule has 0 saturated carbocycles. The maximum atomic E-state index is 12.3. The van der Waals surface area contributed by atoms with Gasteiger partial charge in [0.15, 0.2) is 17.6 Å². The first-order chi connectivity index (χ1) is 14.8. The number of rotatable bonds is 6. The van der Waals surface area contributed by atoms with Crippen LogP contribution < -0.4 is 10.1 Å². The van der Waals surface area contributed by atoms with Crippen LogP contribution in [0, 0.1) is 6.92 Å². The molecule has 9 nitrogen and oxygen atoms in total. The fraction of sp³-hybridized carbons (Fsp3) is 0.429. The summed E-state index contributed by atoms with van der Waals surface area (Å²) in [5.74, 6) is 1.26. The van der Waals surface area contributed by atoms with E-state index in [-0.39, 0.29) is 18.2 Å². The van der Waals surface area contributed by atoms with Crippen molar-refractivity contribution >= 4 is 34.7 Å². The van der Waals surface area contributed by atoms with Crippen LogP contribution in [0.4, 0.5) is 10.6 Å². The molecule has 2 aromatic heterocycles. The second-order valence-electron chi connectivity index (χ2n) is 7.83. The monoisotopic (exact) mass is 444 g/mol. The average molecular weight is 445 g/mol. The molecule has 31 heavy (non-hydrogen) atoms. The smallest absolute Gasteiger partial charge is 0.410 e. The van der Waals surface area contributed by atoms with Crippen molar-refractivity contribution in [2.24, 2.45) is 0 Å². The lowest BCUT2D eigenvalue weighted by atomic mass is 9.95. The van der Waals surface area contributed by atoms with Gasteiger partial charge in [-0.25, -0.2) is 19.7 Å². The lowest BCUT2D eigenvalue weighted by Gasteiger charge is -2.24. The molecule has 2 N–H and O–H groups in total. The van der Waals surface area contributed by atoms with Gasteiger partial charge in [0.05, 0.1) is 26.0 Å². The van der Waals surface area contributed by atoms with Crippen molar-refractivity contribution in [3.63, 3.8) is 0 Å². The Hall–Kier alpha value is -3.07. The molecule has 0 radical (unpaired) electrons. The fourth-order valence-corrected chi connectivity index (χ4v) is 4.13. The van der Waals surface area contributed by atoms with E-state index < -0.39 is 6.10 Å². The van der Waals surface area contributed by atoms with E-state index in [2.05, 4.69) is 25.3 Å². The minimum absolute atomic E-state index is 0.0395. The van der Waals surface area contributed by atoms with Crippen molar-refractivity contribution in [3.8, 4) is 5.75 Å². The number of hydrogen-bond donors (Lipinski definition) is 2. The van der Waals surface area contributed by atoms with E-state index in [9.17, 15) is 4.79 Å². The molecule has 1 aromatic carbocycles. The number of benzene rings is 1. The summed E-state index contributed by atoms with van der Waals surface area (Å²) in [6.07, 6.45) is 2.23. The van der Waals surface area contributed by atoms with E-state index in [0.29, 0.717) is 34.3 Å². The van der Waals surface area contributed by atoms with Crippen molar-refractivity contribution < 1.29 is 14.3 Å². The number of carbonyl (C=O) groups is 1. The number of H-pyrrole nitrogens is 1. The Morgan fingerprint density at radius 3 is 2.77 bits per heavy atom. The van der Waals surface area contributed by atoms with E-state index in [1.54, 1.807) is 18.3 Å². The zero-order chi connectivity index (χ0) is 22.3. The van der Waals surface area contributed by atoms with Crippen molar-refractivity contribution in [1.82, 2.24) is 24.8 Å². The Kier molecular flexibility index (Phi) is 5.62. The predicted octanol–water partition coefficient (Wildman–Crippen LogP) is 4.40. The van der Waals surface area contributed by atoms with Crippen LogP contribution in [0.1, 0.15) is 49.6 Å². The summed E-state index contributed by atoms with van der Waals surface area (Å²) < 4.78 is 11.5. The van der Waals surface area contributed by atoms with Gasteiger partial charge < -0.3 is 24.7 Å². The highest BCUT2D eigenvalue weighted by molar-refractivity contribution is 6.31. The number of nitrogens with one attached hydrogen (secondary N) is 2. The number of imidazole rings is 1. The lowest BCUT2D eigenvalue weighted by molar-refractivity contribution is 0.128. The molecule has 1 saturated heterocycles. The second-order valence-corrected chi connectivity index (χ2v) is 8.23. The van der Waals surface area contributed by atoms with Crippen LogP contribution in [-0.2, 0) is 4.74 Å². The van der Waals surface area contributed by atoms with Crippen LogP contribution in [0.3, 0.4) is 0 Å². The van der Waals surface area contributed by atoms with Gasteiger partial charge in [-0.05, 0) is 39.3 Å². The number of cyclic esters (lactones) is 1. The number of carbonyl (C=O) groups excluding carboxylic acids is 1. The third kappa shape index (κ3) is 3.74. The first-order valence-corrected chi connectivity index (χ1v) is 10.4. The number of amides is 1. The largest absolute Gasteiger partial charge is 0.496 e. The summed E-state index contributed by atoms with van der Waals surface area (Å²) in [6.45, 7) is 8.25.